The summed E-state index contributed by atoms with van der Waals surface area (Å²) in [6.45, 7) is 2.00. The van der Waals surface area contributed by atoms with Crippen molar-refractivity contribution in [3.05, 3.63) is 48.3 Å². The summed E-state index contributed by atoms with van der Waals surface area (Å²) >= 11 is 0. The predicted octanol–water partition coefficient (Wildman–Crippen LogP) is 2.57. The molecule has 3 heterocycles. The van der Waals surface area contributed by atoms with Gasteiger partial charge in [0, 0.05) is 24.8 Å². The van der Waals surface area contributed by atoms with E-state index in [1.807, 2.05) is 42.6 Å². The number of benzene rings is 1. The van der Waals surface area contributed by atoms with Gasteiger partial charge < -0.3 is 9.80 Å². The van der Waals surface area contributed by atoms with E-state index in [1.165, 1.54) is 12.8 Å². The first-order valence-corrected chi connectivity index (χ1v) is 8.86. The predicted molar refractivity (Wildman–Crippen MR) is 93.3 cm³/mol. The molecule has 1 aromatic carbocycles. The minimum Gasteiger partial charge on any atom is -0.333 e. The SMILES string of the molecule is CN1CCC[C@H]1[C@@H]1CCCN1C(=O)c1ccn(-c2ccccc2)n1. The molecule has 5 nitrogen and oxygen atoms in total. The molecule has 24 heavy (non-hydrogen) atoms. The Morgan fingerprint density at radius 2 is 1.79 bits per heavy atom. The Hall–Kier alpha value is -2.14. The molecule has 0 radical (unpaired) electrons. The van der Waals surface area contributed by atoms with E-state index in [2.05, 4.69) is 21.9 Å². The van der Waals surface area contributed by atoms with Gasteiger partial charge in [-0.3, -0.25) is 4.79 Å². The van der Waals surface area contributed by atoms with Crippen molar-refractivity contribution in [2.45, 2.75) is 37.8 Å². The van der Waals surface area contributed by atoms with Crippen LogP contribution in [-0.4, -0.2) is 57.7 Å². The number of carbonyl (C=O) groups excluding carboxylic acids is 1. The van der Waals surface area contributed by atoms with Gasteiger partial charge in [0.1, 0.15) is 0 Å². The van der Waals surface area contributed by atoms with Gasteiger partial charge >= 0.3 is 0 Å². The molecule has 0 unspecified atom stereocenters. The van der Waals surface area contributed by atoms with E-state index in [0.29, 0.717) is 17.8 Å². The summed E-state index contributed by atoms with van der Waals surface area (Å²) in [7, 11) is 2.18. The molecule has 1 amide bonds. The highest BCUT2D eigenvalue weighted by Gasteiger charge is 2.39. The van der Waals surface area contributed by atoms with Crippen molar-refractivity contribution in [1.82, 2.24) is 19.6 Å². The van der Waals surface area contributed by atoms with E-state index >= 15 is 0 Å². The Labute approximate surface area is 142 Å². The first kappa shape index (κ1) is 15.4. The topological polar surface area (TPSA) is 41.4 Å². The average molecular weight is 324 g/mol. The minimum absolute atomic E-state index is 0.0764. The number of nitrogens with zero attached hydrogens (tertiary/aromatic N) is 4. The highest BCUT2D eigenvalue weighted by atomic mass is 16.2. The largest absolute Gasteiger partial charge is 0.333 e. The number of para-hydroxylation sites is 1. The zero-order valence-corrected chi connectivity index (χ0v) is 14.1. The number of carbonyl (C=O) groups is 1. The quantitative estimate of drug-likeness (QED) is 0.871. The molecule has 2 aliphatic heterocycles. The lowest BCUT2D eigenvalue weighted by atomic mass is 10.0. The van der Waals surface area contributed by atoms with E-state index in [-0.39, 0.29) is 5.91 Å². The van der Waals surface area contributed by atoms with Gasteiger partial charge in [-0.15, -0.1) is 0 Å². The number of hydrogen-bond donors (Lipinski definition) is 0. The maximum atomic E-state index is 13.0. The molecule has 0 N–H and O–H groups in total. The third kappa shape index (κ3) is 2.73. The number of likely N-dealkylation sites (tertiary alicyclic amines) is 2. The number of aromatic nitrogens is 2. The van der Waals surface area contributed by atoms with Crippen LogP contribution in [0.4, 0.5) is 0 Å². The van der Waals surface area contributed by atoms with Crippen LogP contribution in [0.5, 0.6) is 0 Å². The smallest absolute Gasteiger partial charge is 0.274 e. The molecule has 5 heteroatoms. The third-order valence-corrected chi connectivity index (χ3v) is 5.41. The minimum atomic E-state index is 0.0764. The molecule has 2 fully saturated rings. The first-order chi connectivity index (χ1) is 11.7. The highest BCUT2D eigenvalue weighted by molar-refractivity contribution is 5.92. The van der Waals surface area contributed by atoms with Gasteiger partial charge in [-0.1, -0.05) is 18.2 Å². The molecule has 2 aromatic rings. The van der Waals surface area contributed by atoms with Gasteiger partial charge in [0.25, 0.3) is 5.91 Å². The Morgan fingerprint density at radius 1 is 1.04 bits per heavy atom. The lowest BCUT2D eigenvalue weighted by Crippen LogP contribution is -2.47. The van der Waals surface area contributed by atoms with Crippen molar-refractivity contribution in [3.63, 3.8) is 0 Å². The van der Waals surface area contributed by atoms with E-state index in [1.54, 1.807) is 4.68 Å². The molecule has 0 bridgehead atoms. The molecular formula is C19H24N4O. The van der Waals surface area contributed by atoms with Gasteiger partial charge in [-0.2, -0.15) is 5.10 Å². The maximum absolute atomic E-state index is 13.0. The molecule has 0 saturated carbocycles. The van der Waals surface area contributed by atoms with Crippen LogP contribution in [0.1, 0.15) is 36.2 Å². The standard InChI is InChI=1S/C19H24N4O/c1-21-12-5-9-17(21)18-10-6-13-22(18)19(24)16-11-14-23(20-16)15-7-3-2-4-8-15/h2-4,7-8,11,14,17-18H,5-6,9-10,12-13H2,1H3/t17-,18-/m0/s1. The van der Waals surface area contributed by atoms with E-state index in [4.69, 9.17) is 0 Å². The van der Waals surface area contributed by atoms with Crippen LogP contribution in [0, 0.1) is 0 Å². The van der Waals surface area contributed by atoms with Crippen LogP contribution < -0.4 is 0 Å². The summed E-state index contributed by atoms with van der Waals surface area (Å²) in [6, 6.07) is 12.6. The molecule has 1 aromatic heterocycles. The van der Waals surface area contributed by atoms with Crippen LogP contribution in [0.15, 0.2) is 42.6 Å². The first-order valence-electron chi connectivity index (χ1n) is 8.86. The second-order valence-electron chi connectivity index (χ2n) is 6.88. The molecule has 0 aliphatic carbocycles. The zero-order valence-electron chi connectivity index (χ0n) is 14.1. The van der Waals surface area contributed by atoms with Crippen LogP contribution in [-0.2, 0) is 0 Å². The highest BCUT2D eigenvalue weighted by Crippen LogP contribution is 2.30. The number of hydrogen-bond acceptors (Lipinski definition) is 3. The van der Waals surface area contributed by atoms with Crippen molar-refractivity contribution in [2.24, 2.45) is 0 Å². The summed E-state index contributed by atoms with van der Waals surface area (Å²) in [5.41, 5.74) is 1.52. The second kappa shape index (κ2) is 6.40. The number of likely N-dealkylation sites (N-methyl/N-ethyl adjacent to an activating group) is 1. The van der Waals surface area contributed by atoms with Crippen LogP contribution in [0.3, 0.4) is 0 Å². The summed E-state index contributed by atoms with van der Waals surface area (Å²) < 4.78 is 1.78. The molecule has 2 aliphatic rings. The lowest BCUT2D eigenvalue weighted by molar-refractivity contribution is 0.0658. The molecular weight excluding hydrogens is 300 g/mol. The number of rotatable bonds is 3. The van der Waals surface area contributed by atoms with Gasteiger partial charge in [0.05, 0.1) is 5.69 Å². The summed E-state index contributed by atoms with van der Waals surface area (Å²) in [5.74, 6) is 0.0764. The monoisotopic (exact) mass is 324 g/mol. The van der Waals surface area contributed by atoms with Gasteiger partial charge in [0.15, 0.2) is 5.69 Å². The van der Waals surface area contributed by atoms with Crippen LogP contribution in [0.25, 0.3) is 5.69 Å². The summed E-state index contributed by atoms with van der Waals surface area (Å²) in [4.78, 5) is 17.5. The maximum Gasteiger partial charge on any atom is 0.274 e. The van der Waals surface area contributed by atoms with Crippen molar-refractivity contribution in [2.75, 3.05) is 20.1 Å². The van der Waals surface area contributed by atoms with Crippen molar-refractivity contribution in [1.29, 1.82) is 0 Å². The normalized spacial score (nSPS) is 24.6. The van der Waals surface area contributed by atoms with Crippen molar-refractivity contribution < 1.29 is 4.79 Å². The second-order valence-corrected chi connectivity index (χ2v) is 6.88. The molecule has 4 rings (SSSR count). The van der Waals surface area contributed by atoms with Crippen molar-refractivity contribution >= 4 is 5.91 Å². The van der Waals surface area contributed by atoms with E-state index in [9.17, 15) is 4.79 Å². The molecule has 2 atom stereocenters. The Bertz CT molecular complexity index is 711. The fourth-order valence-electron chi connectivity index (χ4n) is 4.18. The van der Waals surface area contributed by atoms with Gasteiger partial charge in [0.2, 0.25) is 0 Å². The summed E-state index contributed by atoms with van der Waals surface area (Å²) in [6.07, 6.45) is 6.52. The Kier molecular flexibility index (Phi) is 4.10. The van der Waals surface area contributed by atoms with Crippen LogP contribution in [0.2, 0.25) is 0 Å². The average Bonchev–Trinajstić information content (AvgIpc) is 3.35. The fourth-order valence-corrected chi connectivity index (χ4v) is 4.18. The number of amides is 1. The van der Waals surface area contributed by atoms with Crippen LogP contribution >= 0.6 is 0 Å². The molecule has 126 valence electrons. The summed E-state index contributed by atoms with van der Waals surface area (Å²) in [5, 5.41) is 4.52. The van der Waals surface area contributed by atoms with Crippen molar-refractivity contribution in [3.8, 4) is 5.69 Å². The molecule has 2 saturated heterocycles. The fraction of sp³-hybridized carbons (Fsp3) is 0.474. The Morgan fingerprint density at radius 3 is 2.54 bits per heavy atom. The molecule has 0 spiro atoms. The van der Waals surface area contributed by atoms with E-state index < -0.39 is 0 Å². The zero-order chi connectivity index (χ0) is 16.5. The Balaban J connectivity index is 1.54. The van der Waals surface area contributed by atoms with Gasteiger partial charge in [-0.05, 0) is 57.5 Å². The lowest BCUT2D eigenvalue weighted by Gasteiger charge is -2.32. The van der Waals surface area contributed by atoms with Gasteiger partial charge in [-0.25, -0.2) is 4.68 Å². The van der Waals surface area contributed by atoms with E-state index in [0.717, 1.165) is 31.6 Å². The third-order valence-electron chi connectivity index (χ3n) is 5.41.